The number of sulfonamides is 1. The number of hydrogen-bond donors (Lipinski definition) is 2. The van der Waals surface area contributed by atoms with E-state index in [2.05, 4.69) is 16.6 Å². The lowest BCUT2D eigenvalue weighted by Gasteiger charge is -2.26. The molecular formula is C13H14F2N2O2S. The van der Waals surface area contributed by atoms with Gasteiger partial charge in [-0.25, -0.2) is 21.9 Å². The third-order valence-corrected chi connectivity index (χ3v) is 4.63. The van der Waals surface area contributed by atoms with Gasteiger partial charge in [-0.3, -0.25) is 0 Å². The Bertz CT molecular complexity index is 674. The maximum atomic E-state index is 13.8. The van der Waals surface area contributed by atoms with Crippen LogP contribution in [0.1, 0.15) is 24.8 Å². The third kappa shape index (κ3) is 3.15. The van der Waals surface area contributed by atoms with Crippen LogP contribution in [0.5, 0.6) is 0 Å². The van der Waals surface area contributed by atoms with Gasteiger partial charge in [0.15, 0.2) is 0 Å². The smallest absolute Gasteiger partial charge is 0.244 e. The Balaban J connectivity index is 2.47. The molecule has 1 aliphatic rings. The van der Waals surface area contributed by atoms with Crippen molar-refractivity contribution in [1.82, 2.24) is 4.72 Å². The Hall–Kier alpha value is -1.49. The van der Waals surface area contributed by atoms with E-state index < -0.39 is 26.6 Å². The summed E-state index contributed by atoms with van der Waals surface area (Å²) in [6.07, 6.45) is 2.36. The second kappa shape index (κ2) is 5.87. The lowest BCUT2D eigenvalue weighted by atomic mass is 9.94. The van der Waals surface area contributed by atoms with Gasteiger partial charge in [0.05, 0.1) is 12.1 Å². The van der Waals surface area contributed by atoms with Crippen molar-refractivity contribution in [3.8, 4) is 11.8 Å². The molecule has 0 bridgehead atoms. The first-order valence-corrected chi connectivity index (χ1v) is 7.62. The number of nitrogens with one attached hydrogen (secondary N) is 1. The molecule has 1 aromatic carbocycles. The summed E-state index contributed by atoms with van der Waals surface area (Å²) < 4.78 is 53.8. The predicted molar refractivity (Wildman–Crippen MR) is 70.3 cm³/mol. The maximum Gasteiger partial charge on any atom is 0.244 e. The Kier molecular flexibility index (Phi) is 4.38. The monoisotopic (exact) mass is 300 g/mol. The maximum absolute atomic E-state index is 13.8. The van der Waals surface area contributed by atoms with Gasteiger partial charge < -0.3 is 5.73 Å². The fraction of sp³-hybridized carbons (Fsp3) is 0.385. The molecule has 0 aromatic heterocycles. The topological polar surface area (TPSA) is 72.2 Å². The minimum Gasteiger partial charge on any atom is -0.320 e. The van der Waals surface area contributed by atoms with Crippen LogP contribution in [0.3, 0.4) is 0 Å². The van der Waals surface area contributed by atoms with Crippen LogP contribution in [0.4, 0.5) is 8.78 Å². The molecule has 1 aromatic rings. The molecule has 0 heterocycles. The highest BCUT2D eigenvalue weighted by molar-refractivity contribution is 7.89. The molecular weight excluding hydrogens is 286 g/mol. The fourth-order valence-corrected chi connectivity index (χ4v) is 3.38. The molecule has 0 amide bonds. The van der Waals surface area contributed by atoms with E-state index in [9.17, 15) is 17.2 Å². The third-order valence-electron chi connectivity index (χ3n) is 3.03. The molecule has 1 saturated carbocycles. The number of rotatable bonds is 3. The number of hydrogen-bond acceptors (Lipinski definition) is 3. The van der Waals surface area contributed by atoms with Crippen LogP contribution in [0.2, 0.25) is 0 Å². The van der Waals surface area contributed by atoms with Gasteiger partial charge in [0.1, 0.15) is 16.5 Å². The van der Waals surface area contributed by atoms with Gasteiger partial charge in [-0.05, 0) is 18.9 Å². The predicted octanol–water partition coefficient (Wildman–Crippen LogP) is 1.11. The van der Waals surface area contributed by atoms with E-state index in [4.69, 9.17) is 5.73 Å². The summed E-state index contributed by atoms with van der Waals surface area (Å²) in [5.74, 6) is 2.76. The number of nitrogens with two attached hydrogens (primary N) is 1. The van der Waals surface area contributed by atoms with Gasteiger partial charge >= 0.3 is 0 Å². The first-order valence-electron chi connectivity index (χ1n) is 6.14. The lowest BCUT2D eigenvalue weighted by Crippen LogP contribution is -2.40. The van der Waals surface area contributed by atoms with E-state index in [1.807, 2.05) is 0 Å². The van der Waals surface area contributed by atoms with Crippen molar-refractivity contribution in [2.24, 2.45) is 5.73 Å². The first kappa shape index (κ1) is 14.9. The lowest BCUT2D eigenvalue weighted by molar-refractivity contribution is 0.382. The van der Waals surface area contributed by atoms with Crippen LogP contribution in [-0.2, 0) is 10.0 Å². The molecule has 0 saturated heterocycles. The molecule has 2 rings (SSSR count). The van der Waals surface area contributed by atoms with E-state index in [1.54, 1.807) is 0 Å². The Labute approximate surface area is 116 Å². The second-order valence-electron chi connectivity index (χ2n) is 4.52. The van der Waals surface area contributed by atoms with Gasteiger partial charge in [-0.15, -0.1) is 0 Å². The zero-order valence-electron chi connectivity index (χ0n) is 10.6. The van der Waals surface area contributed by atoms with Crippen LogP contribution < -0.4 is 10.5 Å². The minimum atomic E-state index is -4.06. The van der Waals surface area contributed by atoms with E-state index in [0.29, 0.717) is 18.9 Å². The molecule has 3 N–H and O–H groups in total. The first-order chi connectivity index (χ1) is 9.44. The number of benzene rings is 1. The van der Waals surface area contributed by atoms with Gasteiger partial charge in [-0.1, -0.05) is 18.3 Å². The van der Waals surface area contributed by atoms with Crippen LogP contribution in [0, 0.1) is 23.5 Å². The van der Waals surface area contributed by atoms with Crippen molar-refractivity contribution < 1.29 is 17.2 Å². The summed E-state index contributed by atoms with van der Waals surface area (Å²) in [4.78, 5) is -0.619. The Morgan fingerprint density at radius 2 is 2.05 bits per heavy atom. The SMILES string of the molecule is NCC#Cc1cc(F)cc(F)c1S(=O)(=O)NC1CCC1. The van der Waals surface area contributed by atoms with E-state index in [1.165, 1.54) is 0 Å². The van der Waals surface area contributed by atoms with Gasteiger partial charge in [0.2, 0.25) is 10.0 Å². The van der Waals surface area contributed by atoms with E-state index in [0.717, 1.165) is 12.5 Å². The quantitative estimate of drug-likeness (QED) is 0.821. The largest absolute Gasteiger partial charge is 0.320 e. The highest BCUT2D eigenvalue weighted by Crippen LogP contribution is 2.25. The average Bonchev–Trinajstić information content (AvgIpc) is 2.30. The summed E-state index contributed by atoms with van der Waals surface area (Å²) in [7, 11) is -4.06. The number of halogens is 2. The van der Waals surface area contributed by atoms with Crippen molar-refractivity contribution in [2.75, 3.05) is 6.54 Å². The molecule has 0 unspecified atom stereocenters. The summed E-state index contributed by atoms with van der Waals surface area (Å²) in [6, 6.07) is 1.23. The minimum absolute atomic E-state index is 0.0341. The molecule has 1 aliphatic carbocycles. The van der Waals surface area contributed by atoms with E-state index >= 15 is 0 Å². The summed E-state index contributed by atoms with van der Waals surface area (Å²) in [5, 5.41) is 0. The average molecular weight is 300 g/mol. The standard InChI is InChI=1S/C13H14F2N2O2S/c14-10-7-9(3-2-6-16)13(12(15)8-10)20(18,19)17-11-4-1-5-11/h7-8,11,17H,1,4-6,16H2. The molecule has 0 radical (unpaired) electrons. The van der Waals surface area contributed by atoms with Crippen LogP contribution in [0.15, 0.2) is 17.0 Å². The van der Waals surface area contributed by atoms with Crippen LogP contribution >= 0.6 is 0 Å². The zero-order valence-corrected chi connectivity index (χ0v) is 11.4. The van der Waals surface area contributed by atoms with Gasteiger partial charge in [0, 0.05) is 12.1 Å². The van der Waals surface area contributed by atoms with Crippen LogP contribution in [-0.4, -0.2) is 21.0 Å². The molecule has 0 atom stereocenters. The Morgan fingerprint density at radius 3 is 2.60 bits per heavy atom. The highest BCUT2D eigenvalue weighted by atomic mass is 32.2. The van der Waals surface area contributed by atoms with Gasteiger partial charge in [0.25, 0.3) is 0 Å². The molecule has 0 aliphatic heterocycles. The molecule has 0 spiro atoms. The fourth-order valence-electron chi connectivity index (χ4n) is 1.88. The molecule has 108 valence electrons. The summed E-state index contributed by atoms with van der Waals surface area (Å²) >= 11 is 0. The van der Waals surface area contributed by atoms with Crippen molar-refractivity contribution in [3.63, 3.8) is 0 Å². The van der Waals surface area contributed by atoms with Crippen molar-refractivity contribution in [3.05, 3.63) is 29.3 Å². The van der Waals surface area contributed by atoms with Crippen molar-refractivity contribution >= 4 is 10.0 Å². The summed E-state index contributed by atoms with van der Waals surface area (Å²) in [5.41, 5.74) is 4.97. The molecule has 1 fully saturated rings. The van der Waals surface area contributed by atoms with Crippen molar-refractivity contribution in [1.29, 1.82) is 0 Å². The second-order valence-corrected chi connectivity index (χ2v) is 6.17. The highest BCUT2D eigenvalue weighted by Gasteiger charge is 2.29. The normalized spacial score (nSPS) is 15.3. The molecule has 4 nitrogen and oxygen atoms in total. The molecule has 20 heavy (non-hydrogen) atoms. The zero-order chi connectivity index (χ0) is 14.8. The van der Waals surface area contributed by atoms with E-state index in [-0.39, 0.29) is 18.2 Å². The molecule has 7 heteroatoms. The van der Waals surface area contributed by atoms with Crippen LogP contribution in [0.25, 0.3) is 0 Å². The Morgan fingerprint density at radius 1 is 1.35 bits per heavy atom. The summed E-state index contributed by atoms with van der Waals surface area (Å²) in [6.45, 7) is -0.0341. The van der Waals surface area contributed by atoms with Gasteiger partial charge in [-0.2, -0.15) is 0 Å². The van der Waals surface area contributed by atoms with Crippen molar-refractivity contribution in [2.45, 2.75) is 30.2 Å².